The summed E-state index contributed by atoms with van der Waals surface area (Å²) in [6.45, 7) is 8.17. The van der Waals surface area contributed by atoms with Crippen molar-refractivity contribution >= 4 is 34.4 Å². The van der Waals surface area contributed by atoms with Crippen molar-refractivity contribution < 1.29 is 22.9 Å². The highest BCUT2D eigenvalue weighted by molar-refractivity contribution is 7.89. The molecule has 10 heteroatoms. The van der Waals surface area contributed by atoms with Gasteiger partial charge in [0.05, 0.1) is 22.0 Å². The van der Waals surface area contributed by atoms with Crippen LogP contribution in [0.25, 0.3) is 0 Å². The molecule has 0 aliphatic carbocycles. The van der Waals surface area contributed by atoms with Crippen LogP contribution in [0.5, 0.6) is 0 Å². The average molecular weight is 681 g/mol. The summed E-state index contributed by atoms with van der Waals surface area (Å²) in [6, 6.07) is 41.2. The first-order chi connectivity index (χ1) is 22.8. The zero-order valence-electron chi connectivity index (χ0n) is 27.4. The van der Waals surface area contributed by atoms with E-state index in [-0.39, 0.29) is 10.6 Å². The van der Waals surface area contributed by atoms with Gasteiger partial charge in [0.2, 0.25) is 10.0 Å². The van der Waals surface area contributed by atoms with Crippen LogP contribution in [0.2, 0.25) is 5.04 Å². The molecule has 0 spiro atoms. The molecule has 0 saturated heterocycles. The van der Waals surface area contributed by atoms with E-state index in [0.717, 1.165) is 22.5 Å². The van der Waals surface area contributed by atoms with Crippen LogP contribution in [0.4, 0.5) is 5.69 Å². The largest absolute Gasteiger partial charge is 0.403 e. The van der Waals surface area contributed by atoms with Gasteiger partial charge >= 0.3 is 0 Å². The van der Waals surface area contributed by atoms with Gasteiger partial charge in [0, 0.05) is 12.1 Å². The average Bonchev–Trinajstić information content (AvgIpc) is 3.10. The smallest absolute Gasteiger partial charge is 0.269 e. The standard InChI is InChI=1S/C38H40N2O6SSi/c1-29(46-48(37(2,3)4,34-21-13-7-14-22-34)35-23-15-8-16-24-35)36(39-47(44,45)33-27-25-32(26-28-33)40(42)43)38(41,30-17-9-5-10-18-30)31-19-11-6-12-20-31/h5-29,36,39,41H,1-4H3. The van der Waals surface area contributed by atoms with Crippen molar-refractivity contribution in [2.45, 2.75) is 55.4 Å². The van der Waals surface area contributed by atoms with Crippen LogP contribution in [0.1, 0.15) is 38.8 Å². The predicted octanol–water partition coefficient (Wildman–Crippen LogP) is 6.14. The number of nitro benzene ring substituents is 1. The molecule has 0 aromatic heterocycles. The topological polar surface area (TPSA) is 119 Å². The zero-order chi connectivity index (χ0) is 34.6. The third kappa shape index (κ3) is 6.76. The Hall–Kier alpha value is -4.45. The van der Waals surface area contributed by atoms with Gasteiger partial charge in [-0.25, -0.2) is 13.1 Å². The van der Waals surface area contributed by atoms with Crippen LogP contribution < -0.4 is 15.1 Å². The van der Waals surface area contributed by atoms with E-state index in [4.69, 9.17) is 4.43 Å². The van der Waals surface area contributed by atoms with Crippen LogP contribution in [-0.4, -0.2) is 38.9 Å². The van der Waals surface area contributed by atoms with Gasteiger partial charge in [-0.2, -0.15) is 0 Å². The van der Waals surface area contributed by atoms with Crippen molar-refractivity contribution in [1.82, 2.24) is 4.72 Å². The summed E-state index contributed by atoms with van der Waals surface area (Å²) in [7, 11) is -7.62. The summed E-state index contributed by atoms with van der Waals surface area (Å²) in [5, 5.41) is 25.9. The quantitative estimate of drug-likeness (QED) is 0.0929. The van der Waals surface area contributed by atoms with Crippen LogP contribution >= 0.6 is 0 Å². The third-order valence-electron chi connectivity index (χ3n) is 8.77. The minimum Gasteiger partial charge on any atom is -0.403 e. The summed E-state index contributed by atoms with van der Waals surface area (Å²) in [5.74, 6) is 0. The van der Waals surface area contributed by atoms with Crippen molar-refractivity contribution in [2.75, 3.05) is 0 Å². The first kappa shape index (κ1) is 34.9. The van der Waals surface area contributed by atoms with E-state index in [9.17, 15) is 23.6 Å². The van der Waals surface area contributed by atoms with Gasteiger partial charge in [-0.05, 0) is 45.6 Å². The Morgan fingerprint density at radius 2 is 1.10 bits per heavy atom. The van der Waals surface area contributed by atoms with Crippen LogP contribution in [0.15, 0.2) is 150 Å². The summed E-state index contributed by atoms with van der Waals surface area (Å²) in [4.78, 5) is 10.5. The van der Waals surface area contributed by atoms with Crippen LogP contribution in [0, 0.1) is 10.1 Å². The maximum atomic E-state index is 14.2. The predicted molar refractivity (Wildman–Crippen MR) is 191 cm³/mol. The Balaban J connectivity index is 1.74. The molecule has 0 fully saturated rings. The van der Waals surface area contributed by atoms with Crippen molar-refractivity contribution in [2.24, 2.45) is 0 Å². The fraction of sp³-hybridized carbons (Fsp3) is 0.211. The monoisotopic (exact) mass is 680 g/mol. The Morgan fingerprint density at radius 3 is 1.48 bits per heavy atom. The lowest BCUT2D eigenvalue weighted by atomic mass is 9.78. The molecular formula is C38H40N2O6SSi. The van der Waals surface area contributed by atoms with Gasteiger partial charge in [0.1, 0.15) is 5.60 Å². The maximum absolute atomic E-state index is 14.2. The van der Waals surface area contributed by atoms with Gasteiger partial charge in [-0.1, -0.05) is 142 Å². The highest BCUT2D eigenvalue weighted by atomic mass is 32.2. The Morgan fingerprint density at radius 1 is 0.708 bits per heavy atom. The van der Waals surface area contributed by atoms with Crippen LogP contribution in [-0.2, 0) is 20.1 Å². The highest BCUT2D eigenvalue weighted by Crippen LogP contribution is 2.41. The molecule has 5 aromatic carbocycles. The maximum Gasteiger partial charge on any atom is 0.269 e. The molecule has 2 N–H and O–H groups in total. The van der Waals surface area contributed by atoms with E-state index in [0.29, 0.717) is 11.1 Å². The lowest BCUT2D eigenvalue weighted by Crippen LogP contribution is -2.70. The Kier molecular flexibility index (Phi) is 10.1. The number of aliphatic hydroxyl groups is 1. The molecular weight excluding hydrogens is 641 g/mol. The SMILES string of the molecule is CC(O[Si](c1ccccc1)(c1ccccc1)C(C)(C)C)C(NS(=O)(=O)c1ccc([N+](=O)[O-])cc1)C(O)(c1ccccc1)c1ccccc1. The first-order valence-electron chi connectivity index (χ1n) is 15.7. The molecule has 0 saturated carbocycles. The van der Waals surface area contributed by atoms with E-state index < -0.39 is 46.0 Å². The molecule has 0 aliphatic rings. The van der Waals surface area contributed by atoms with Crippen molar-refractivity contribution in [1.29, 1.82) is 0 Å². The van der Waals surface area contributed by atoms with Gasteiger partial charge in [0.15, 0.2) is 0 Å². The van der Waals surface area contributed by atoms with Gasteiger partial charge in [-0.15, -0.1) is 0 Å². The molecule has 8 nitrogen and oxygen atoms in total. The molecule has 0 bridgehead atoms. The number of non-ortho nitro benzene ring substituents is 1. The summed E-state index contributed by atoms with van der Waals surface area (Å²) in [5.41, 5.74) is -1.23. The van der Waals surface area contributed by atoms with Gasteiger partial charge in [-0.3, -0.25) is 10.1 Å². The summed E-state index contributed by atoms with van der Waals surface area (Å²) in [6.07, 6.45) is -0.922. The van der Waals surface area contributed by atoms with Gasteiger partial charge < -0.3 is 9.53 Å². The molecule has 5 rings (SSSR count). The van der Waals surface area contributed by atoms with E-state index >= 15 is 0 Å². The number of hydrogen-bond acceptors (Lipinski definition) is 6. The molecule has 248 valence electrons. The van der Waals surface area contributed by atoms with E-state index in [1.165, 1.54) is 12.1 Å². The minimum absolute atomic E-state index is 0.181. The van der Waals surface area contributed by atoms with E-state index in [2.05, 4.69) is 25.5 Å². The molecule has 0 radical (unpaired) electrons. The fourth-order valence-corrected chi connectivity index (χ4v) is 12.5. The molecule has 0 aliphatic heterocycles. The molecule has 5 aromatic rings. The number of nitro groups is 1. The fourth-order valence-electron chi connectivity index (χ4n) is 6.45. The number of rotatable bonds is 12. The number of sulfonamides is 1. The summed E-state index contributed by atoms with van der Waals surface area (Å²) < 4.78 is 38.7. The van der Waals surface area contributed by atoms with Gasteiger partial charge in [0.25, 0.3) is 14.0 Å². The number of hydrogen-bond donors (Lipinski definition) is 2. The minimum atomic E-state index is -4.36. The molecule has 48 heavy (non-hydrogen) atoms. The lowest BCUT2D eigenvalue weighted by molar-refractivity contribution is -0.384. The highest BCUT2D eigenvalue weighted by Gasteiger charge is 2.54. The first-order valence-corrected chi connectivity index (χ1v) is 19.1. The Labute approximate surface area is 283 Å². The number of benzene rings is 5. The molecule has 0 amide bonds. The lowest BCUT2D eigenvalue weighted by Gasteiger charge is -2.48. The molecule has 2 atom stereocenters. The van der Waals surface area contributed by atoms with Crippen LogP contribution in [0.3, 0.4) is 0 Å². The van der Waals surface area contributed by atoms with Crippen molar-refractivity contribution in [3.05, 3.63) is 167 Å². The second-order valence-electron chi connectivity index (χ2n) is 12.8. The van der Waals surface area contributed by atoms with E-state index in [1.807, 2.05) is 72.8 Å². The molecule has 0 heterocycles. The Bertz CT molecular complexity index is 1840. The third-order valence-corrected chi connectivity index (χ3v) is 15.4. The second kappa shape index (κ2) is 14.0. The molecule has 2 unspecified atom stereocenters. The van der Waals surface area contributed by atoms with E-state index in [1.54, 1.807) is 55.5 Å². The van der Waals surface area contributed by atoms with Crippen molar-refractivity contribution in [3.8, 4) is 0 Å². The second-order valence-corrected chi connectivity index (χ2v) is 18.8. The van der Waals surface area contributed by atoms with Crippen molar-refractivity contribution in [3.63, 3.8) is 0 Å². The number of nitrogens with one attached hydrogen (secondary N) is 1. The summed E-state index contributed by atoms with van der Waals surface area (Å²) >= 11 is 0. The zero-order valence-corrected chi connectivity index (χ0v) is 29.2. The number of nitrogens with zero attached hydrogens (tertiary/aromatic N) is 1. The normalized spacial score (nSPS) is 13.9.